The van der Waals surface area contributed by atoms with Gasteiger partial charge in [0.25, 0.3) is 5.56 Å². The van der Waals surface area contributed by atoms with Gasteiger partial charge in [-0.3, -0.25) is 14.3 Å². The normalized spacial score (nSPS) is 10.6. The van der Waals surface area contributed by atoms with Crippen LogP contribution in [0.5, 0.6) is 0 Å². The average molecular weight is 370 g/mol. The van der Waals surface area contributed by atoms with Gasteiger partial charge in [-0.05, 0) is 41.6 Å². The number of aromatic nitrogens is 3. The molecule has 2 aromatic rings. The van der Waals surface area contributed by atoms with Crippen molar-refractivity contribution in [2.75, 3.05) is 6.54 Å². The first kappa shape index (κ1) is 14.1. The summed E-state index contributed by atoms with van der Waals surface area (Å²) in [6, 6.07) is 5.82. The minimum absolute atomic E-state index is 0.0211. The Morgan fingerprint density at radius 1 is 1.37 bits per heavy atom. The summed E-state index contributed by atoms with van der Waals surface area (Å²) < 4.78 is 2.31. The van der Waals surface area contributed by atoms with Crippen molar-refractivity contribution < 1.29 is 0 Å². The first-order valence-corrected chi connectivity index (χ1v) is 7.08. The SMILES string of the molecule is Cc1ncn(CCNCc2ccccn2)c(=O)c1I. The number of hydrogen-bond acceptors (Lipinski definition) is 4. The van der Waals surface area contributed by atoms with E-state index in [9.17, 15) is 4.79 Å². The molecule has 0 atom stereocenters. The van der Waals surface area contributed by atoms with E-state index in [0.717, 1.165) is 11.4 Å². The number of hydrogen-bond donors (Lipinski definition) is 1. The summed E-state index contributed by atoms with van der Waals surface area (Å²) in [4.78, 5) is 20.3. The zero-order valence-corrected chi connectivity index (χ0v) is 12.8. The fourth-order valence-corrected chi connectivity index (χ4v) is 2.07. The quantitative estimate of drug-likeness (QED) is 0.638. The Balaban J connectivity index is 1.87. The van der Waals surface area contributed by atoms with Gasteiger partial charge in [0.1, 0.15) is 0 Å². The Hall–Kier alpha value is -1.28. The predicted octanol–water partition coefficient (Wildman–Crippen LogP) is 1.34. The second kappa shape index (κ2) is 6.76. The molecule has 2 rings (SSSR count). The summed E-state index contributed by atoms with van der Waals surface area (Å²) in [5.41, 5.74) is 1.79. The number of rotatable bonds is 5. The molecule has 0 aromatic carbocycles. The topological polar surface area (TPSA) is 59.8 Å². The average Bonchev–Trinajstić information content (AvgIpc) is 2.44. The zero-order chi connectivity index (χ0) is 13.7. The Labute approximate surface area is 125 Å². The van der Waals surface area contributed by atoms with Gasteiger partial charge >= 0.3 is 0 Å². The van der Waals surface area contributed by atoms with Crippen LogP contribution in [-0.2, 0) is 13.1 Å². The highest BCUT2D eigenvalue weighted by atomic mass is 127. The zero-order valence-electron chi connectivity index (χ0n) is 10.6. The summed E-state index contributed by atoms with van der Waals surface area (Å²) in [7, 11) is 0. The lowest BCUT2D eigenvalue weighted by atomic mass is 10.3. The molecular formula is C13H15IN4O. The molecule has 0 aliphatic rings. The van der Waals surface area contributed by atoms with E-state index in [0.29, 0.717) is 23.2 Å². The van der Waals surface area contributed by atoms with Gasteiger partial charge in [0.2, 0.25) is 0 Å². The molecule has 0 saturated heterocycles. The van der Waals surface area contributed by atoms with Crippen LogP contribution in [0.1, 0.15) is 11.4 Å². The van der Waals surface area contributed by atoms with Crippen LogP contribution in [0.2, 0.25) is 0 Å². The number of nitrogens with one attached hydrogen (secondary N) is 1. The number of halogens is 1. The smallest absolute Gasteiger partial charge is 0.267 e. The summed E-state index contributed by atoms with van der Waals surface area (Å²) in [6.07, 6.45) is 3.37. The minimum atomic E-state index is 0.0211. The van der Waals surface area contributed by atoms with Crippen molar-refractivity contribution in [3.63, 3.8) is 0 Å². The van der Waals surface area contributed by atoms with Crippen LogP contribution in [0, 0.1) is 10.5 Å². The van der Waals surface area contributed by atoms with Crippen molar-refractivity contribution in [1.29, 1.82) is 0 Å². The highest BCUT2D eigenvalue weighted by Gasteiger charge is 2.04. The van der Waals surface area contributed by atoms with E-state index < -0.39 is 0 Å². The summed E-state index contributed by atoms with van der Waals surface area (Å²) in [5, 5.41) is 3.26. The van der Waals surface area contributed by atoms with E-state index in [-0.39, 0.29) is 5.56 Å². The monoisotopic (exact) mass is 370 g/mol. The van der Waals surface area contributed by atoms with E-state index in [1.807, 2.05) is 47.7 Å². The lowest BCUT2D eigenvalue weighted by Gasteiger charge is -2.08. The molecule has 0 saturated carbocycles. The van der Waals surface area contributed by atoms with Gasteiger partial charge in [0.15, 0.2) is 0 Å². The maximum atomic E-state index is 11.9. The Kier molecular flexibility index (Phi) is 5.03. The molecule has 2 heterocycles. The Morgan fingerprint density at radius 3 is 2.95 bits per heavy atom. The molecule has 0 aliphatic carbocycles. The Bertz CT molecular complexity index is 597. The molecule has 100 valence electrons. The van der Waals surface area contributed by atoms with Gasteiger partial charge < -0.3 is 5.32 Å². The number of aryl methyl sites for hydroxylation is 1. The van der Waals surface area contributed by atoms with Crippen LogP contribution in [-0.4, -0.2) is 21.1 Å². The van der Waals surface area contributed by atoms with Crippen LogP contribution >= 0.6 is 22.6 Å². The summed E-state index contributed by atoms with van der Waals surface area (Å²) >= 11 is 2.04. The molecule has 0 fully saturated rings. The first-order valence-electron chi connectivity index (χ1n) is 6.00. The summed E-state index contributed by atoms with van der Waals surface area (Å²) in [6.45, 7) is 3.85. The van der Waals surface area contributed by atoms with Crippen molar-refractivity contribution in [1.82, 2.24) is 19.9 Å². The minimum Gasteiger partial charge on any atom is -0.309 e. The van der Waals surface area contributed by atoms with Crippen molar-refractivity contribution in [3.05, 3.63) is 56.0 Å². The third kappa shape index (κ3) is 3.84. The van der Waals surface area contributed by atoms with Crippen molar-refractivity contribution in [2.24, 2.45) is 0 Å². The molecule has 0 bridgehead atoms. The molecule has 2 aromatic heterocycles. The van der Waals surface area contributed by atoms with Crippen LogP contribution < -0.4 is 10.9 Å². The van der Waals surface area contributed by atoms with Gasteiger partial charge in [0.05, 0.1) is 21.3 Å². The van der Waals surface area contributed by atoms with E-state index in [1.54, 1.807) is 17.1 Å². The lowest BCUT2D eigenvalue weighted by Crippen LogP contribution is -2.29. The molecule has 6 heteroatoms. The summed E-state index contributed by atoms with van der Waals surface area (Å²) in [5.74, 6) is 0. The van der Waals surface area contributed by atoms with Crippen molar-refractivity contribution >= 4 is 22.6 Å². The predicted molar refractivity (Wildman–Crippen MR) is 81.9 cm³/mol. The highest BCUT2D eigenvalue weighted by molar-refractivity contribution is 14.1. The number of pyridine rings is 1. The molecule has 0 amide bonds. The molecule has 0 spiro atoms. The van der Waals surface area contributed by atoms with Crippen molar-refractivity contribution in [3.8, 4) is 0 Å². The van der Waals surface area contributed by atoms with E-state index in [2.05, 4.69) is 15.3 Å². The number of nitrogens with zero attached hydrogens (tertiary/aromatic N) is 3. The molecular weight excluding hydrogens is 355 g/mol. The lowest BCUT2D eigenvalue weighted by molar-refractivity contribution is 0.571. The second-order valence-corrected chi connectivity index (χ2v) is 5.22. The third-order valence-electron chi connectivity index (χ3n) is 2.72. The molecule has 0 radical (unpaired) electrons. The molecule has 19 heavy (non-hydrogen) atoms. The van der Waals surface area contributed by atoms with E-state index in [4.69, 9.17) is 0 Å². The molecule has 5 nitrogen and oxygen atoms in total. The van der Waals surface area contributed by atoms with Crippen LogP contribution in [0.15, 0.2) is 35.5 Å². The van der Waals surface area contributed by atoms with Gasteiger partial charge in [-0.15, -0.1) is 0 Å². The van der Waals surface area contributed by atoms with Crippen LogP contribution in [0.3, 0.4) is 0 Å². The standard InChI is InChI=1S/C13H15IN4O/c1-10-12(14)13(19)18(9-17-10)7-6-15-8-11-4-2-3-5-16-11/h2-5,9,15H,6-8H2,1H3. The van der Waals surface area contributed by atoms with Crippen LogP contribution in [0.25, 0.3) is 0 Å². The Morgan fingerprint density at radius 2 is 2.21 bits per heavy atom. The largest absolute Gasteiger partial charge is 0.309 e. The van der Waals surface area contributed by atoms with E-state index in [1.165, 1.54) is 0 Å². The van der Waals surface area contributed by atoms with Gasteiger partial charge in [-0.2, -0.15) is 0 Å². The molecule has 1 N–H and O–H groups in total. The molecule has 0 unspecified atom stereocenters. The fraction of sp³-hybridized carbons (Fsp3) is 0.308. The third-order valence-corrected chi connectivity index (χ3v) is 3.96. The fourth-order valence-electron chi connectivity index (χ4n) is 1.62. The van der Waals surface area contributed by atoms with E-state index >= 15 is 0 Å². The van der Waals surface area contributed by atoms with Gasteiger partial charge in [-0.25, -0.2) is 4.98 Å². The molecule has 0 aliphatic heterocycles. The second-order valence-electron chi connectivity index (χ2n) is 4.14. The van der Waals surface area contributed by atoms with Gasteiger partial charge in [0, 0.05) is 25.8 Å². The maximum absolute atomic E-state index is 11.9. The van der Waals surface area contributed by atoms with Crippen LogP contribution in [0.4, 0.5) is 0 Å². The maximum Gasteiger partial charge on any atom is 0.267 e. The van der Waals surface area contributed by atoms with Crippen molar-refractivity contribution in [2.45, 2.75) is 20.0 Å². The van der Waals surface area contributed by atoms with Gasteiger partial charge in [-0.1, -0.05) is 6.07 Å². The first-order chi connectivity index (χ1) is 9.18. The highest BCUT2D eigenvalue weighted by Crippen LogP contribution is 2.00.